The number of nitrogens with zero attached hydrogens (tertiary/aromatic N) is 5. The molecule has 1 N–H and O–H groups in total. The molecule has 0 fully saturated rings. The number of unbranched alkanes of at least 4 members (excludes halogenated alkanes) is 1. The van der Waals surface area contributed by atoms with E-state index >= 15 is 0 Å². The molecule has 0 saturated carbocycles. The Morgan fingerprint density at radius 2 is 1.70 bits per heavy atom. The molecular formula is C39H44FN6O8PS2. The molecular weight excluding hydrogens is 795 g/mol. The van der Waals surface area contributed by atoms with Crippen LogP contribution in [0.1, 0.15) is 77.6 Å². The molecule has 6 heterocycles. The van der Waals surface area contributed by atoms with Crippen LogP contribution in [0.4, 0.5) is 9.88 Å². The van der Waals surface area contributed by atoms with Crippen molar-refractivity contribution in [1.82, 2.24) is 24.3 Å². The molecule has 0 radical (unpaired) electrons. The summed E-state index contributed by atoms with van der Waals surface area (Å²) in [6.07, 6.45) is 9.23. The Morgan fingerprint density at radius 3 is 2.49 bits per heavy atom. The second-order valence-corrected chi connectivity index (χ2v) is 20.6. The molecule has 0 amide bonds. The number of nitrogens with one attached hydrogen (secondary N) is 1. The number of aromatic nitrogens is 3. The van der Waals surface area contributed by atoms with Gasteiger partial charge in [-0.15, -0.1) is 5.10 Å². The van der Waals surface area contributed by atoms with E-state index in [1.165, 1.54) is 34.1 Å². The smallest absolute Gasteiger partial charge is 0.367 e. The molecule has 1 unspecified atom stereocenters. The highest BCUT2D eigenvalue weighted by Crippen LogP contribution is 2.50. The molecule has 1 atom stereocenters. The van der Waals surface area contributed by atoms with E-state index in [-0.39, 0.29) is 35.3 Å². The van der Waals surface area contributed by atoms with Crippen LogP contribution in [-0.4, -0.2) is 75.8 Å². The van der Waals surface area contributed by atoms with Gasteiger partial charge in [0.05, 0.1) is 33.8 Å². The third kappa shape index (κ3) is 7.14. The van der Waals surface area contributed by atoms with E-state index in [0.29, 0.717) is 30.0 Å². The summed E-state index contributed by atoms with van der Waals surface area (Å²) < 4.78 is 110. The second-order valence-electron chi connectivity index (χ2n) is 15.5. The maximum atomic E-state index is 13.7. The molecule has 5 aliphatic heterocycles. The molecule has 0 saturated heterocycles. The van der Waals surface area contributed by atoms with Crippen LogP contribution in [0.2, 0.25) is 0 Å². The quantitative estimate of drug-likeness (QED) is 0.0840. The van der Waals surface area contributed by atoms with Crippen molar-refractivity contribution < 1.29 is 39.4 Å². The lowest BCUT2D eigenvalue weighted by Gasteiger charge is -2.39. The lowest BCUT2D eigenvalue weighted by atomic mass is 9.82. The zero-order valence-corrected chi connectivity index (χ0v) is 34.2. The standard InChI is InChI=1S/C39H44FN6O8PS2/c1-53-55(40,47)19-3-2-18-46-24-27(42-43-46)23-41-56(48,49)28-12-13-29(34(22-28)57(50,51)52)35-32-20-25-8-4-14-44-16-6-10-30(36(25)44)38(32)54-39-31-11-7-17-45-15-5-9-26(37(31)45)21-33(35)39/h12-13,20-22,24,41H,2-11,14-19,23H2,1H3. The first-order valence-electron chi connectivity index (χ1n) is 19.6. The van der Waals surface area contributed by atoms with Gasteiger partial charge in [0.1, 0.15) is 34.7 Å². The normalized spacial score (nSPS) is 18.3. The van der Waals surface area contributed by atoms with Crippen LogP contribution in [0, 0.1) is 0 Å². The third-order valence-corrected chi connectivity index (χ3v) is 15.5. The van der Waals surface area contributed by atoms with E-state index < -0.39 is 32.7 Å². The molecule has 3 aromatic carbocycles. The molecule has 57 heavy (non-hydrogen) atoms. The summed E-state index contributed by atoms with van der Waals surface area (Å²) in [5.41, 5.74) is 7.41. The monoisotopic (exact) mass is 838 g/mol. The number of halogens is 1. The first-order chi connectivity index (χ1) is 27.3. The van der Waals surface area contributed by atoms with Crippen LogP contribution in [0.5, 0.6) is 11.5 Å². The van der Waals surface area contributed by atoms with Crippen molar-refractivity contribution >= 4 is 39.1 Å². The number of hydrogen-bond donors (Lipinski definition) is 1. The summed E-state index contributed by atoms with van der Waals surface area (Å²) in [4.78, 5) is 1.41. The summed E-state index contributed by atoms with van der Waals surface area (Å²) in [6, 6.07) is 7.93. The molecule has 0 bridgehead atoms. The van der Waals surface area contributed by atoms with Crippen LogP contribution in [-0.2, 0) is 68.0 Å². The van der Waals surface area contributed by atoms with Gasteiger partial charge >= 0.3 is 7.68 Å². The van der Waals surface area contributed by atoms with Gasteiger partial charge in [-0.2, -0.15) is 4.20 Å². The van der Waals surface area contributed by atoms with Crippen LogP contribution >= 0.6 is 7.68 Å². The SMILES string of the molecule is COP(=O)(F)CCCCn1cc(CNS(=O)(=O)c2ccc(C3=c4cc5c6c(c4Oc4c3cc3c7c4CCCN7CCC3)CCC[N+]=6CCC5)c(S(=O)(=O)[O-])c2)nn1. The zero-order valence-electron chi connectivity index (χ0n) is 31.6. The third-order valence-electron chi connectivity index (χ3n) is 11.9. The molecule has 18 heteroatoms. The average Bonchev–Trinajstić information content (AvgIpc) is 3.66. The Hall–Kier alpha value is -3.99. The zero-order chi connectivity index (χ0) is 39.7. The van der Waals surface area contributed by atoms with Crippen molar-refractivity contribution in [1.29, 1.82) is 0 Å². The average molecular weight is 839 g/mol. The number of hydrogen-bond acceptors (Lipinski definition) is 11. The molecule has 5 aliphatic rings. The summed E-state index contributed by atoms with van der Waals surface area (Å²) in [5.74, 6) is 1.37. The minimum Gasteiger partial charge on any atom is -0.744 e. The summed E-state index contributed by atoms with van der Waals surface area (Å²) in [6.45, 7) is 3.91. The Labute approximate surface area is 330 Å². The van der Waals surface area contributed by atoms with E-state index in [1.54, 1.807) is 0 Å². The van der Waals surface area contributed by atoms with Crippen LogP contribution in [0.15, 0.2) is 46.3 Å². The van der Waals surface area contributed by atoms with E-state index in [0.717, 1.165) is 124 Å². The van der Waals surface area contributed by atoms with Gasteiger partial charge in [0.15, 0.2) is 0 Å². The molecule has 0 spiro atoms. The topological polar surface area (TPSA) is 176 Å². The number of ether oxygens (including phenoxy) is 1. The number of fused-ring (bicyclic) bond motifs is 4. The molecule has 9 rings (SSSR count). The maximum Gasteiger partial charge on any atom is 0.367 e. The Balaban J connectivity index is 1.12. The largest absolute Gasteiger partial charge is 0.744 e. The highest BCUT2D eigenvalue weighted by Gasteiger charge is 2.36. The van der Waals surface area contributed by atoms with Crippen molar-refractivity contribution in [2.45, 2.75) is 87.1 Å². The Bertz CT molecular complexity index is 2730. The number of sulfonamides is 1. The number of anilines is 1. The fourth-order valence-electron chi connectivity index (χ4n) is 9.33. The van der Waals surface area contributed by atoms with E-state index in [4.69, 9.17) is 4.74 Å². The van der Waals surface area contributed by atoms with E-state index in [1.807, 2.05) is 0 Å². The highest BCUT2D eigenvalue weighted by molar-refractivity contribution is 7.89. The van der Waals surface area contributed by atoms with Crippen molar-refractivity contribution in [2.75, 3.05) is 44.4 Å². The Morgan fingerprint density at radius 1 is 0.947 bits per heavy atom. The van der Waals surface area contributed by atoms with E-state index in [2.05, 4.69) is 41.2 Å². The lowest BCUT2D eigenvalue weighted by molar-refractivity contribution is 0.353. The fourth-order valence-corrected chi connectivity index (χ4v) is 11.9. The lowest BCUT2D eigenvalue weighted by Crippen LogP contribution is -2.45. The van der Waals surface area contributed by atoms with E-state index in [9.17, 15) is 30.2 Å². The number of aryl methyl sites for hydroxylation is 3. The summed E-state index contributed by atoms with van der Waals surface area (Å²) >= 11 is 0. The summed E-state index contributed by atoms with van der Waals surface area (Å²) in [7, 11) is -12.6. The summed E-state index contributed by atoms with van der Waals surface area (Å²) in [5, 5.41) is 9.90. The van der Waals surface area contributed by atoms with Gasteiger partial charge in [-0.1, -0.05) is 11.3 Å². The predicted molar refractivity (Wildman–Crippen MR) is 209 cm³/mol. The maximum absolute atomic E-state index is 13.7. The Kier molecular flexibility index (Phi) is 9.92. The number of benzene rings is 3. The minimum absolute atomic E-state index is 0.138. The van der Waals surface area contributed by atoms with Crippen molar-refractivity contribution in [3.8, 4) is 11.5 Å². The van der Waals surface area contributed by atoms with Gasteiger partial charge in [-0.25, -0.2) is 26.1 Å². The second kappa shape index (κ2) is 14.7. The van der Waals surface area contributed by atoms with Crippen molar-refractivity contribution in [3.05, 3.63) is 86.2 Å². The van der Waals surface area contributed by atoms with Crippen LogP contribution in [0.3, 0.4) is 0 Å². The van der Waals surface area contributed by atoms with Crippen molar-refractivity contribution in [3.63, 3.8) is 0 Å². The van der Waals surface area contributed by atoms with Gasteiger partial charge in [0.2, 0.25) is 15.4 Å². The van der Waals surface area contributed by atoms with Gasteiger partial charge in [0, 0.05) is 84.5 Å². The first kappa shape index (κ1) is 38.5. The number of rotatable bonds is 12. The van der Waals surface area contributed by atoms with Crippen LogP contribution in [0.25, 0.3) is 5.57 Å². The molecule has 0 aliphatic carbocycles. The van der Waals surface area contributed by atoms with Gasteiger partial charge in [-0.3, -0.25) is 9.25 Å². The highest BCUT2D eigenvalue weighted by atomic mass is 32.2. The molecule has 14 nitrogen and oxygen atoms in total. The predicted octanol–water partition coefficient (Wildman–Crippen LogP) is 3.69. The van der Waals surface area contributed by atoms with Gasteiger partial charge < -0.3 is 18.7 Å². The van der Waals surface area contributed by atoms with Gasteiger partial charge in [0.25, 0.3) is 0 Å². The fraction of sp³-hybridized carbons (Fsp3) is 0.462. The molecule has 1 aromatic heterocycles. The minimum atomic E-state index is -5.21. The molecule has 4 aromatic rings. The van der Waals surface area contributed by atoms with Crippen molar-refractivity contribution in [2.24, 2.45) is 0 Å². The van der Waals surface area contributed by atoms with Gasteiger partial charge in [-0.05, 0) is 81.2 Å². The first-order valence-corrected chi connectivity index (χ1v) is 24.2. The molecule has 302 valence electrons. The van der Waals surface area contributed by atoms with Crippen LogP contribution < -0.4 is 29.5 Å².